The Morgan fingerprint density at radius 3 is 2.04 bits per heavy atom. The Bertz CT molecular complexity index is 763. The molecule has 1 aromatic carbocycles. The van der Waals surface area contributed by atoms with Gasteiger partial charge in [0.15, 0.2) is 0 Å². The largest absolute Gasteiger partial charge is 0.406 e. The molecule has 136 valence electrons. The van der Waals surface area contributed by atoms with Gasteiger partial charge >= 0.3 is 11.9 Å². The molecule has 1 fully saturated rings. The molecule has 3 rings (SSSR count). The second-order valence-corrected chi connectivity index (χ2v) is 6.84. The van der Waals surface area contributed by atoms with E-state index in [9.17, 15) is 9.59 Å². The van der Waals surface area contributed by atoms with Gasteiger partial charge in [0.05, 0.1) is 11.5 Å². The van der Waals surface area contributed by atoms with Crippen molar-refractivity contribution in [1.29, 1.82) is 0 Å². The number of benzene rings is 1. The van der Waals surface area contributed by atoms with E-state index in [1.165, 1.54) is 12.1 Å². The van der Waals surface area contributed by atoms with Crippen LogP contribution in [-0.4, -0.2) is 22.1 Å². The third-order valence-corrected chi connectivity index (χ3v) is 4.65. The highest BCUT2D eigenvalue weighted by molar-refractivity contribution is 5.90. The molecule has 0 aliphatic heterocycles. The van der Waals surface area contributed by atoms with E-state index in [4.69, 9.17) is 9.47 Å². The van der Waals surface area contributed by atoms with Crippen molar-refractivity contribution in [2.75, 3.05) is 0 Å². The van der Waals surface area contributed by atoms with E-state index in [-0.39, 0.29) is 23.6 Å². The van der Waals surface area contributed by atoms with Crippen molar-refractivity contribution in [2.24, 2.45) is 11.8 Å². The summed E-state index contributed by atoms with van der Waals surface area (Å²) in [6, 6.07) is 9.98. The summed E-state index contributed by atoms with van der Waals surface area (Å²) in [4.78, 5) is 24.2. The van der Waals surface area contributed by atoms with Gasteiger partial charge in [0.1, 0.15) is 0 Å². The molecule has 2 aromatic rings. The fourth-order valence-corrected chi connectivity index (χ4v) is 2.94. The smallest absolute Gasteiger partial charge is 0.344 e. The molecule has 26 heavy (non-hydrogen) atoms. The van der Waals surface area contributed by atoms with E-state index in [1.54, 1.807) is 12.1 Å². The maximum absolute atomic E-state index is 12.2. The fraction of sp³-hybridized carbons (Fsp3) is 0.400. The number of esters is 2. The predicted octanol–water partition coefficient (Wildman–Crippen LogP) is 3.74. The van der Waals surface area contributed by atoms with Gasteiger partial charge in [-0.05, 0) is 50.7 Å². The number of rotatable bonds is 4. The molecule has 1 aliphatic carbocycles. The van der Waals surface area contributed by atoms with Crippen LogP contribution in [0.4, 0.5) is 0 Å². The second kappa shape index (κ2) is 8.08. The average Bonchev–Trinajstić information content (AvgIpc) is 2.64. The zero-order valence-electron chi connectivity index (χ0n) is 15.0. The summed E-state index contributed by atoms with van der Waals surface area (Å²) >= 11 is 0. The molecule has 0 spiro atoms. The Morgan fingerprint density at radius 2 is 1.46 bits per heavy atom. The van der Waals surface area contributed by atoms with Crippen LogP contribution >= 0.6 is 0 Å². The molecule has 0 atom stereocenters. The molecule has 0 saturated heterocycles. The van der Waals surface area contributed by atoms with Gasteiger partial charge in [-0.15, -0.1) is 10.2 Å². The van der Waals surface area contributed by atoms with Crippen LogP contribution in [-0.2, 0) is 4.79 Å². The van der Waals surface area contributed by atoms with Gasteiger partial charge in [-0.3, -0.25) is 4.79 Å². The number of carbonyl (C=O) groups is 2. The lowest BCUT2D eigenvalue weighted by atomic mass is 9.83. The summed E-state index contributed by atoms with van der Waals surface area (Å²) < 4.78 is 10.5. The first-order valence-electron chi connectivity index (χ1n) is 8.85. The van der Waals surface area contributed by atoms with Crippen LogP contribution in [0.15, 0.2) is 36.4 Å². The average molecular weight is 354 g/mol. The standard InChI is InChI=1S/C20H22N2O4/c1-13-3-7-15(8-4-13)19(23)25-17-11-12-18(22-21-17)26-20(24)16-9-5-14(2)6-10-16/h3-4,7-8,11-12,14,16H,5-6,9-10H2,1-2H3. The summed E-state index contributed by atoms with van der Waals surface area (Å²) in [5, 5.41) is 7.62. The predicted molar refractivity (Wildman–Crippen MR) is 94.9 cm³/mol. The van der Waals surface area contributed by atoms with Crippen LogP contribution in [0, 0.1) is 18.8 Å². The number of hydrogen-bond donors (Lipinski definition) is 0. The summed E-state index contributed by atoms with van der Waals surface area (Å²) in [5.74, 6) is -0.0185. The normalized spacial score (nSPS) is 19.6. The molecule has 0 bridgehead atoms. The van der Waals surface area contributed by atoms with E-state index in [2.05, 4.69) is 17.1 Å². The van der Waals surface area contributed by atoms with E-state index < -0.39 is 5.97 Å². The van der Waals surface area contributed by atoms with Crippen LogP contribution in [0.25, 0.3) is 0 Å². The lowest BCUT2D eigenvalue weighted by Gasteiger charge is -2.24. The summed E-state index contributed by atoms with van der Waals surface area (Å²) in [5.41, 5.74) is 1.49. The van der Waals surface area contributed by atoms with Crippen LogP contribution in [0.5, 0.6) is 11.8 Å². The van der Waals surface area contributed by atoms with E-state index >= 15 is 0 Å². The monoisotopic (exact) mass is 354 g/mol. The van der Waals surface area contributed by atoms with Crippen molar-refractivity contribution < 1.29 is 19.1 Å². The minimum atomic E-state index is -0.514. The highest BCUT2D eigenvalue weighted by atomic mass is 16.6. The molecule has 1 aromatic heterocycles. The van der Waals surface area contributed by atoms with Gasteiger partial charge in [-0.1, -0.05) is 24.6 Å². The second-order valence-electron chi connectivity index (χ2n) is 6.84. The van der Waals surface area contributed by atoms with Gasteiger partial charge in [-0.2, -0.15) is 0 Å². The van der Waals surface area contributed by atoms with Crippen molar-refractivity contribution >= 4 is 11.9 Å². The molecule has 0 N–H and O–H groups in total. The Labute approximate surface area is 152 Å². The molecule has 0 radical (unpaired) electrons. The first-order chi connectivity index (χ1) is 12.5. The summed E-state index contributed by atoms with van der Waals surface area (Å²) in [6.45, 7) is 4.14. The number of aromatic nitrogens is 2. The van der Waals surface area contributed by atoms with Crippen LogP contribution in [0.2, 0.25) is 0 Å². The maximum atomic E-state index is 12.2. The first kappa shape index (κ1) is 18.0. The molecule has 0 amide bonds. The van der Waals surface area contributed by atoms with E-state index in [0.717, 1.165) is 31.2 Å². The first-order valence-corrected chi connectivity index (χ1v) is 8.85. The van der Waals surface area contributed by atoms with E-state index in [1.807, 2.05) is 19.1 Å². The van der Waals surface area contributed by atoms with Gasteiger partial charge in [0.25, 0.3) is 0 Å². The SMILES string of the molecule is Cc1ccc(C(=O)Oc2ccc(OC(=O)C3CCC(C)CC3)nn2)cc1. The molecule has 1 heterocycles. The Kier molecular flexibility index (Phi) is 5.61. The number of nitrogens with zero attached hydrogens (tertiary/aromatic N) is 2. The van der Waals surface area contributed by atoms with Crippen molar-refractivity contribution in [1.82, 2.24) is 10.2 Å². The minimum absolute atomic E-state index is 0.0573. The number of carbonyl (C=O) groups excluding carboxylic acids is 2. The molecular weight excluding hydrogens is 332 g/mol. The third-order valence-electron chi connectivity index (χ3n) is 4.65. The van der Waals surface area contributed by atoms with Crippen LogP contribution in [0.3, 0.4) is 0 Å². The van der Waals surface area contributed by atoms with E-state index in [0.29, 0.717) is 11.5 Å². The van der Waals surface area contributed by atoms with Gasteiger partial charge < -0.3 is 9.47 Å². The summed E-state index contributed by atoms with van der Waals surface area (Å²) in [7, 11) is 0. The van der Waals surface area contributed by atoms with Gasteiger partial charge in [0, 0.05) is 12.1 Å². The molecule has 6 nitrogen and oxygen atoms in total. The van der Waals surface area contributed by atoms with Gasteiger partial charge in [-0.25, -0.2) is 4.79 Å². The van der Waals surface area contributed by atoms with Crippen LogP contribution < -0.4 is 9.47 Å². The fourth-order valence-electron chi connectivity index (χ4n) is 2.94. The number of ether oxygens (including phenoxy) is 2. The molecule has 0 unspecified atom stereocenters. The zero-order chi connectivity index (χ0) is 18.5. The highest BCUT2D eigenvalue weighted by Gasteiger charge is 2.26. The highest BCUT2D eigenvalue weighted by Crippen LogP contribution is 2.29. The van der Waals surface area contributed by atoms with Crippen LogP contribution in [0.1, 0.15) is 48.5 Å². The Balaban J connectivity index is 1.55. The van der Waals surface area contributed by atoms with Crippen molar-refractivity contribution in [3.05, 3.63) is 47.5 Å². The minimum Gasteiger partial charge on any atom is -0.406 e. The van der Waals surface area contributed by atoms with Crippen molar-refractivity contribution in [2.45, 2.75) is 39.5 Å². The number of hydrogen-bond acceptors (Lipinski definition) is 6. The lowest BCUT2D eigenvalue weighted by molar-refractivity contribution is -0.140. The van der Waals surface area contributed by atoms with Crippen molar-refractivity contribution in [3.63, 3.8) is 0 Å². The zero-order valence-corrected chi connectivity index (χ0v) is 15.0. The third kappa shape index (κ3) is 4.65. The molecular formula is C20H22N2O4. The molecule has 1 saturated carbocycles. The molecule has 6 heteroatoms. The molecule has 1 aliphatic rings. The van der Waals surface area contributed by atoms with Crippen molar-refractivity contribution in [3.8, 4) is 11.8 Å². The Morgan fingerprint density at radius 1 is 0.885 bits per heavy atom. The topological polar surface area (TPSA) is 78.4 Å². The summed E-state index contributed by atoms with van der Waals surface area (Å²) in [6.07, 6.45) is 3.78. The lowest BCUT2D eigenvalue weighted by Crippen LogP contribution is -2.25. The quantitative estimate of drug-likeness (QED) is 0.779. The van der Waals surface area contributed by atoms with Gasteiger partial charge in [0.2, 0.25) is 11.8 Å². The number of aryl methyl sites for hydroxylation is 1. The Hall–Kier alpha value is -2.76. The maximum Gasteiger partial charge on any atom is 0.344 e.